The Bertz CT molecular complexity index is 895. The molecule has 1 aromatic carbocycles. The zero-order valence-corrected chi connectivity index (χ0v) is 15.2. The van der Waals surface area contributed by atoms with Gasteiger partial charge in [0.05, 0.1) is 24.7 Å². The van der Waals surface area contributed by atoms with E-state index in [0.29, 0.717) is 24.6 Å². The van der Waals surface area contributed by atoms with E-state index in [1.807, 2.05) is 0 Å². The molecule has 0 unspecified atom stereocenters. The van der Waals surface area contributed by atoms with Crippen molar-refractivity contribution < 1.29 is 17.9 Å². The molecule has 1 fully saturated rings. The van der Waals surface area contributed by atoms with Crippen LogP contribution in [0.15, 0.2) is 41.4 Å². The van der Waals surface area contributed by atoms with E-state index in [-0.39, 0.29) is 17.2 Å². The van der Waals surface area contributed by atoms with Crippen molar-refractivity contribution in [3.63, 3.8) is 0 Å². The molecular formula is C17H20N4O4S. The maximum absolute atomic E-state index is 12.5. The van der Waals surface area contributed by atoms with E-state index in [1.54, 1.807) is 24.4 Å². The van der Waals surface area contributed by atoms with Crippen LogP contribution in [0, 0.1) is 0 Å². The second-order valence-corrected chi connectivity index (χ2v) is 7.61. The Kier molecular flexibility index (Phi) is 5.60. The maximum Gasteiger partial charge on any atom is 0.240 e. The SMILES string of the molecule is CC(=O)c1cccc(S(=O)(=O)NCc2nccc(N3CCOCC3)n2)c1. The lowest BCUT2D eigenvalue weighted by atomic mass is 10.2. The van der Waals surface area contributed by atoms with Gasteiger partial charge in [-0.2, -0.15) is 0 Å². The summed E-state index contributed by atoms with van der Waals surface area (Å²) in [5, 5.41) is 0. The second-order valence-electron chi connectivity index (χ2n) is 5.84. The van der Waals surface area contributed by atoms with Gasteiger partial charge in [-0.25, -0.2) is 23.1 Å². The zero-order chi connectivity index (χ0) is 18.6. The number of nitrogens with zero attached hydrogens (tertiary/aromatic N) is 3. The molecule has 0 saturated carbocycles. The first-order chi connectivity index (χ1) is 12.5. The lowest BCUT2D eigenvalue weighted by Crippen LogP contribution is -2.37. The van der Waals surface area contributed by atoms with Crippen LogP contribution in [0.2, 0.25) is 0 Å². The van der Waals surface area contributed by atoms with E-state index >= 15 is 0 Å². The highest BCUT2D eigenvalue weighted by molar-refractivity contribution is 7.89. The Morgan fingerprint density at radius 2 is 2.04 bits per heavy atom. The van der Waals surface area contributed by atoms with Crippen LogP contribution < -0.4 is 9.62 Å². The fraction of sp³-hybridized carbons (Fsp3) is 0.353. The predicted molar refractivity (Wildman–Crippen MR) is 95.5 cm³/mol. The fourth-order valence-electron chi connectivity index (χ4n) is 2.57. The highest BCUT2D eigenvalue weighted by Crippen LogP contribution is 2.14. The van der Waals surface area contributed by atoms with Gasteiger partial charge >= 0.3 is 0 Å². The summed E-state index contributed by atoms with van der Waals surface area (Å²) < 4.78 is 32.7. The Labute approximate surface area is 152 Å². The van der Waals surface area contributed by atoms with E-state index in [1.165, 1.54) is 19.1 Å². The average molecular weight is 376 g/mol. The molecule has 0 amide bonds. The molecule has 26 heavy (non-hydrogen) atoms. The highest BCUT2D eigenvalue weighted by atomic mass is 32.2. The largest absolute Gasteiger partial charge is 0.378 e. The summed E-state index contributed by atoms with van der Waals surface area (Å²) in [6.07, 6.45) is 1.61. The number of hydrogen-bond acceptors (Lipinski definition) is 7. The molecule has 1 aromatic heterocycles. The summed E-state index contributed by atoms with van der Waals surface area (Å²) in [6.45, 7) is 4.10. The Morgan fingerprint density at radius 3 is 2.77 bits per heavy atom. The molecule has 2 aromatic rings. The molecule has 0 radical (unpaired) electrons. The van der Waals surface area contributed by atoms with Gasteiger partial charge in [0.2, 0.25) is 10.0 Å². The van der Waals surface area contributed by atoms with Gasteiger partial charge in [0.25, 0.3) is 0 Å². The number of benzene rings is 1. The first kappa shape index (κ1) is 18.4. The lowest BCUT2D eigenvalue weighted by molar-refractivity contribution is 0.101. The molecule has 2 heterocycles. The smallest absolute Gasteiger partial charge is 0.240 e. The molecule has 0 aliphatic carbocycles. The van der Waals surface area contributed by atoms with E-state index in [4.69, 9.17) is 4.74 Å². The van der Waals surface area contributed by atoms with Crippen molar-refractivity contribution in [2.75, 3.05) is 31.2 Å². The molecule has 3 rings (SSSR count). The summed E-state index contributed by atoms with van der Waals surface area (Å²) in [5.74, 6) is 0.931. The van der Waals surface area contributed by atoms with Gasteiger partial charge in [-0.15, -0.1) is 0 Å². The zero-order valence-electron chi connectivity index (χ0n) is 14.4. The number of ketones is 1. The molecule has 8 nitrogen and oxygen atoms in total. The molecule has 0 atom stereocenters. The third-order valence-electron chi connectivity index (χ3n) is 4.00. The minimum atomic E-state index is -3.77. The van der Waals surface area contributed by atoms with Gasteiger partial charge in [-0.05, 0) is 25.1 Å². The number of anilines is 1. The van der Waals surface area contributed by atoms with Crippen LogP contribution in [0.5, 0.6) is 0 Å². The highest BCUT2D eigenvalue weighted by Gasteiger charge is 2.17. The van der Waals surface area contributed by atoms with Crippen LogP contribution in [0.3, 0.4) is 0 Å². The third kappa shape index (κ3) is 4.43. The van der Waals surface area contributed by atoms with Crippen LogP contribution in [0.1, 0.15) is 23.1 Å². The lowest BCUT2D eigenvalue weighted by Gasteiger charge is -2.27. The molecule has 9 heteroatoms. The summed E-state index contributed by atoms with van der Waals surface area (Å²) in [6, 6.07) is 7.71. The summed E-state index contributed by atoms with van der Waals surface area (Å²) in [5.41, 5.74) is 0.346. The average Bonchev–Trinajstić information content (AvgIpc) is 2.67. The van der Waals surface area contributed by atoms with Gasteiger partial charge in [-0.1, -0.05) is 12.1 Å². The van der Waals surface area contributed by atoms with Crippen LogP contribution in [0.25, 0.3) is 0 Å². The molecule has 1 saturated heterocycles. The number of sulfonamides is 1. The van der Waals surface area contributed by atoms with E-state index < -0.39 is 10.0 Å². The summed E-state index contributed by atoms with van der Waals surface area (Å²) in [7, 11) is -3.77. The minimum absolute atomic E-state index is 0.0366. The quantitative estimate of drug-likeness (QED) is 0.750. The fourth-order valence-corrected chi connectivity index (χ4v) is 3.59. The van der Waals surface area contributed by atoms with Gasteiger partial charge in [0.15, 0.2) is 5.78 Å². The van der Waals surface area contributed by atoms with Gasteiger partial charge in [-0.3, -0.25) is 4.79 Å². The minimum Gasteiger partial charge on any atom is -0.378 e. The van der Waals surface area contributed by atoms with Gasteiger partial charge < -0.3 is 9.64 Å². The summed E-state index contributed by atoms with van der Waals surface area (Å²) >= 11 is 0. The van der Waals surface area contributed by atoms with Crippen molar-refractivity contribution >= 4 is 21.6 Å². The van der Waals surface area contributed by atoms with Crippen molar-refractivity contribution in [1.82, 2.24) is 14.7 Å². The third-order valence-corrected chi connectivity index (χ3v) is 5.40. The van der Waals surface area contributed by atoms with Crippen molar-refractivity contribution in [2.24, 2.45) is 0 Å². The standard InChI is InChI=1S/C17H20N4O4S/c1-13(22)14-3-2-4-15(11-14)26(23,24)19-12-16-18-6-5-17(20-16)21-7-9-25-10-8-21/h2-6,11,19H,7-10,12H2,1H3. The molecule has 0 spiro atoms. The normalized spacial score (nSPS) is 15.0. The predicted octanol–water partition coefficient (Wildman–Crippen LogP) is 0.994. The molecule has 1 N–H and O–H groups in total. The number of aromatic nitrogens is 2. The van der Waals surface area contributed by atoms with Crippen LogP contribution >= 0.6 is 0 Å². The number of morpholine rings is 1. The van der Waals surface area contributed by atoms with Crippen molar-refractivity contribution in [1.29, 1.82) is 0 Å². The monoisotopic (exact) mass is 376 g/mol. The molecule has 1 aliphatic rings. The first-order valence-electron chi connectivity index (χ1n) is 8.21. The van der Waals surface area contributed by atoms with E-state index in [9.17, 15) is 13.2 Å². The molecule has 1 aliphatic heterocycles. The van der Waals surface area contributed by atoms with Crippen LogP contribution in [0.4, 0.5) is 5.82 Å². The number of carbonyl (C=O) groups is 1. The first-order valence-corrected chi connectivity index (χ1v) is 9.69. The number of rotatable bonds is 6. The second kappa shape index (κ2) is 7.90. The number of Topliss-reactive ketones (excluding diaryl/α,β-unsaturated/α-hetero) is 1. The number of nitrogens with one attached hydrogen (secondary N) is 1. The van der Waals surface area contributed by atoms with E-state index in [2.05, 4.69) is 19.6 Å². The Hall–Kier alpha value is -2.36. The number of hydrogen-bond donors (Lipinski definition) is 1. The van der Waals surface area contributed by atoms with Crippen molar-refractivity contribution in [2.45, 2.75) is 18.4 Å². The topological polar surface area (TPSA) is 101 Å². The van der Waals surface area contributed by atoms with Gasteiger partial charge in [0, 0.05) is 24.8 Å². The Balaban J connectivity index is 1.71. The molecular weight excluding hydrogens is 356 g/mol. The maximum atomic E-state index is 12.5. The summed E-state index contributed by atoms with van der Waals surface area (Å²) in [4.78, 5) is 22.1. The Morgan fingerprint density at radius 1 is 1.27 bits per heavy atom. The van der Waals surface area contributed by atoms with Crippen molar-refractivity contribution in [3.8, 4) is 0 Å². The van der Waals surface area contributed by atoms with E-state index in [0.717, 1.165) is 18.9 Å². The van der Waals surface area contributed by atoms with Crippen molar-refractivity contribution in [3.05, 3.63) is 47.9 Å². The number of carbonyl (C=O) groups excluding carboxylic acids is 1. The molecule has 138 valence electrons. The van der Waals surface area contributed by atoms with Crippen LogP contribution in [-0.4, -0.2) is 50.5 Å². The van der Waals surface area contributed by atoms with Gasteiger partial charge in [0.1, 0.15) is 11.6 Å². The molecule has 0 bridgehead atoms. The number of ether oxygens (including phenoxy) is 1. The van der Waals surface area contributed by atoms with Crippen LogP contribution in [-0.2, 0) is 21.3 Å².